The number of nitrogens with one attached hydrogen (secondary N) is 1. The van der Waals surface area contributed by atoms with Crippen molar-refractivity contribution in [3.05, 3.63) is 48.9 Å². The van der Waals surface area contributed by atoms with Gasteiger partial charge in [0.1, 0.15) is 5.82 Å². The number of anilines is 1. The van der Waals surface area contributed by atoms with Crippen LogP contribution in [0.15, 0.2) is 48.9 Å². The summed E-state index contributed by atoms with van der Waals surface area (Å²) >= 11 is 0. The summed E-state index contributed by atoms with van der Waals surface area (Å²) in [4.78, 5) is 28.0. The lowest BCUT2D eigenvalue weighted by atomic mass is 9.96. The zero-order chi connectivity index (χ0) is 17.9. The maximum Gasteiger partial charge on any atom is 0.228 e. The quantitative estimate of drug-likeness (QED) is 0.789. The van der Waals surface area contributed by atoms with Gasteiger partial charge in [0.2, 0.25) is 5.91 Å². The lowest BCUT2D eigenvalue weighted by Gasteiger charge is -2.27. The van der Waals surface area contributed by atoms with E-state index in [1.54, 1.807) is 18.6 Å². The van der Waals surface area contributed by atoms with Crippen LogP contribution in [0.2, 0.25) is 0 Å². The largest absolute Gasteiger partial charge is 0.310 e. The minimum atomic E-state index is 0.0494. The van der Waals surface area contributed by atoms with E-state index < -0.39 is 0 Å². The zero-order valence-electron chi connectivity index (χ0n) is 14.7. The number of carbonyl (C=O) groups excluding carboxylic acids is 1. The lowest BCUT2D eigenvalue weighted by molar-refractivity contribution is -0.121. The van der Waals surface area contributed by atoms with Crippen LogP contribution in [0.5, 0.6) is 0 Å². The van der Waals surface area contributed by atoms with Gasteiger partial charge in [0.15, 0.2) is 0 Å². The highest BCUT2D eigenvalue weighted by Gasteiger charge is 2.23. The molecule has 0 radical (unpaired) electrons. The van der Waals surface area contributed by atoms with Gasteiger partial charge >= 0.3 is 0 Å². The average molecular weight is 347 g/mol. The van der Waals surface area contributed by atoms with Crippen LogP contribution in [0.25, 0.3) is 22.2 Å². The van der Waals surface area contributed by atoms with Crippen LogP contribution in [0.3, 0.4) is 0 Å². The highest BCUT2D eigenvalue weighted by atomic mass is 16.1. The van der Waals surface area contributed by atoms with Crippen molar-refractivity contribution >= 4 is 22.6 Å². The van der Waals surface area contributed by atoms with Crippen LogP contribution in [-0.4, -0.2) is 45.9 Å². The Bertz CT molecular complexity index is 920. The number of pyridine rings is 3. The normalized spacial score (nSPS) is 15.9. The Hall–Kier alpha value is -2.86. The van der Waals surface area contributed by atoms with Gasteiger partial charge in [-0.3, -0.25) is 9.78 Å². The molecular formula is C20H21N5O. The predicted octanol–water partition coefficient (Wildman–Crippen LogP) is 2.97. The SMILES string of the molecule is CN1CCC(C(=O)Nc2cc3nc(-c4cccnc4)ccc3cn2)CC1. The van der Waals surface area contributed by atoms with E-state index in [0.717, 1.165) is 48.1 Å². The van der Waals surface area contributed by atoms with Gasteiger partial charge in [0.05, 0.1) is 11.2 Å². The van der Waals surface area contributed by atoms with E-state index in [1.807, 2.05) is 30.3 Å². The summed E-state index contributed by atoms with van der Waals surface area (Å²) < 4.78 is 0. The molecule has 4 rings (SSSR count). The van der Waals surface area contributed by atoms with Crippen molar-refractivity contribution < 1.29 is 4.79 Å². The number of amides is 1. The molecule has 0 atom stereocenters. The third kappa shape index (κ3) is 3.55. The van der Waals surface area contributed by atoms with Gasteiger partial charge < -0.3 is 10.2 Å². The van der Waals surface area contributed by atoms with Crippen LogP contribution < -0.4 is 5.32 Å². The number of rotatable bonds is 3. The van der Waals surface area contributed by atoms with Crippen LogP contribution in [0, 0.1) is 5.92 Å². The Morgan fingerprint density at radius 3 is 2.81 bits per heavy atom. The van der Waals surface area contributed by atoms with Gasteiger partial charge in [-0.05, 0) is 57.2 Å². The Labute approximate surface area is 152 Å². The molecule has 6 nitrogen and oxygen atoms in total. The van der Waals surface area contributed by atoms with Gasteiger partial charge in [0, 0.05) is 41.5 Å². The minimum Gasteiger partial charge on any atom is -0.310 e. The Balaban J connectivity index is 1.55. The number of likely N-dealkylation sites (tertiary alicyclic amines) is 1. The van der Waals surface area contributed by atoms with Gasteiger partial charge in [-0.2, -0.15) is 0 Å². The standard InChI is InChI=1S/C20H21N5O/c1-25-9-6-14(7-10-25)20(26)24-19-11-18-16(13-22-19)4-5-17(23-18)15-3-2-8-21-12-15/h2-5,8,11-14H,6-7,9-10H2,1H3,(H,22,24,26). The smallest absolute Gasteiger partial charge is 0.228 e. The number of nitrogens with zero attached hydrogens (tertiary/aromatic N) is 4. The van der Waals surface area contributed by atoms with Gasteiger partial charge in [-0.15, -0.1) is 0 Å². The second-order valence-corrected chi connectivity index (χ2v) is 6.77. The number of hydrogen-bond acceptors (Lipinski definition) is 5. The molecule has 1 saturated heterocycles. The highest BCUT2D eigenvalue weighted by Crippen LogP contribution is 2.22. The molecule has 132 valence electrons. The third-order valence-electron chi connectivity index (χ3n) is 4.87. The van der Waals surface area contributed by atoms with E-state index in [2.05, 4.69) is 27.2 Å². The molecule has 4 heterocycles. The fourth-order valence-corrected chi connectivity index (χ4v) is 3.26. The van der Waals surface area contributed by atoms with E-state index in [-0.39, 0.29) is 11.8 Å². The van der Waals surface area contributed by atoms with E-state index in [0.29, 0.717) is 5.82 Å². The maximum absolute atomic E-state index is 12.5. The summed E-state index contributed by atoms with van der Waals surface area (Å²) in [5.74, 6) is 0.656. The summed E-state index contributed by atoms with van der Waals surface area (Å²) in [5.41, 5.74) is 2.62. The fraction of sp³-hybridized carbons (Fsp3) is 0.300. The third-order valence-corrected chi connectivity index (χ3v) is 4.87. The van der Waals surface area contributed by atoms with Crippen molar-refractivity contribution in [2.24, 2.45) is 5.92 Å². The summed E-state index contributed by atoms with van der Waals surface area (Å²) in [7, 11) is 2.09. The van der Waals surface area contributed by atoms with Crippen molar-refractivity contribution in [1.82, 2.24) is 19.9 Å². The molecule has 1 aliphatic heterocycles. The first-order valence-corrected chi connectivity index (χ1v) is 8.86. The number of carbonyl (C=O) groups is 1. The second kappa shape index (κ2) is 7.17. The fourth-order valence-electron chi connectivity index (χ4n) is 3.26. The van der Waals surface area contributed by atoms with Crippen LogP contribution in [0.4, 0.5) is 5.82 Å². The van der Waals surface area contributed by atoms with Gasteiger partial charge in [-0.25, -0.2) is 9.97 Å². The molecule has 1 fully saturated rings. The molecule has 3 aromatic rings. The van der Waals surface area contributed by atoms with Crippen molar-refractivity contribution in [2.45, 2.75) is 12.8 Å². The predicted molar refractivity (Wildman–Crippen MR) is 102 cm³/mol. The van der Waals surface area contributed by atoms with E-state index in [4.69, 9.17) is 4.98 Å². The average Bonchev–Trinajstić information content (AvgIpc) is 2.68. The van der Waals surface area contributed by atoms with Crippen molar-refractivity contribution in [1.29, 1.82) is 0 Å². The van der Waals surface area contributed by atoms with Crippen molar-refractivity contribution in [3.63, 3.8) is 0 Å². The molecule has 6 heteroatoms. The molecule has 1 aliphatic rings. The van der Waals surface area contributed by atoms with E-state index in [9.17, 15) is 4.79 Å². The molecule has 1 N–H and O–H groups in total. The van der Waals surface area contributed by atoms with Gasteiger partial charge in [0.25, 0.3) is 0 Å². The molecular weight excluding hydrogens is 326 g/mol. The van der Waals surface area contributed by atoms with Crippen molar-refractivity contribution in [3.8, 4) is 11.3 Å². The molecule has 0 aliphatic carbocycles. The second-order valence-electron chi connectivity index (χ2n) is 6.77. The first kappa shape index (κ1) is 16.6. The molecule has 0 unspecified atom stereocenters. The number of fused-ring (bicyclic) bond motifs is 1. The topological polar surface area (TPSA) is 71.0 Å². The molecule has 0 spiro atoms. The zero-order valence-corrected chi connectivity index (χ0v) is 14.7. The lowest BCUT2D eigenvalue weighted by Crippen LogP contribution is -2.36. The Morgan fingerprint density at radius 1 is 1.19 bits per heavy atom. The molecule has 0 bridgehead atoms. The molecule has 0 saturated carbocycles. The first-order chi connectivity index (χ1) is 12.7. The summed E-state index contributed by atoms with van der Waals surface area (Å²) in [6, 6.07) is 9.65. The summed E-state index contributed by atoms with van der Waals surface area (Å²) in [5, 5.41) is 3.90. The van der Waals surface area contributed by atoms with Crippen LogP contribution in [0.1, 0.15) is 12.8 Å². The van der Waals surface area contributed by atoms with E-state index in [1.165, 1.54) is 0 Å². The van der Waals surface area contributed by atoms with Crippen molar-refractivity contribution in [2.75, 3.05) is 25.5 Å². The minimum absolute atomic E-state index is 0.0494. The van der Waals surface area contributed by atoms with Crippen LogP contribution >= 0.6 is 0 Å². The van der Waals surface area contributed by atoms with Gasteiger partial charge in [-0.1, -0.05) is 0 Å². The summed E-state index contributed by atoms with van der Waals surface area (Å²) in [6.45, 7) is 1.92. The number of hydrogen-bond donors (Lipinski definition) is 1. The molecule has 3 aromatic heterocycles. The summed E-state index contributed by atoms with van der Waals surface area (Å²) in [6.07, 6.45) is 7.06. The molecule has 1 amide bonds. The highest BCUT2D eigenvalue weighted by molar-refractivity contribution is 5.93. The monoisotopic (exact) mass is 347 g/mol. The number of aromatic nitrogens is 3. The number of piperidine rings is 1. The molecule has 0 aromatic carbocycles. The maximum atomic E-state index is 12.5. The van der Waals surface area contributed by atoms with Crippen LogP contribution in [-0.2, 0) is 4.79 Å². The Morgan fingerprint density at radius 2 is 2.04 bits per heavy atom. The first-order valence-electron chi connectivity index (χ1n) is 8.86. The van der Waals surface area contributed by atoms with E-state index >= 15 is 0 Å². The Kier molecular flexibility index (Phi) is 4.58. The molecule has 26 heavy (non-hydrogen) atoms.